The van der Waals surface area contributed by atoms with Crippen LogP contribution in [0.5, 0.6) is 0 Å². The van der Waals surface area contributed by atoms with Gasteiger partial charge in [-0.2, -0.15) is 0 Å². The number of likely N-dealkylation sites (tertiary alicyclic amines) is 1. The third-order valence-electron chi connectivity index (χ3n) is 4.48. The van der Waals surface area contributed by atoms with E-state index in [9.17, 15) is 9.59 Å². The standard InChI is InChI=1S/C19H24N4O3S/c1-3-22(12-15-8-5-4-6-9-15)18(25)14(2)27-19-21-20-16(26-19)13-23-11-7-10-17(23)24/h4-6,8-9,14H,3,7,10-13H2,1-2H3. The van der Waals surface area contributed by atoms with Gasteiger partial charge in [0.05, 0.1) is 11.8 Å². The Balaban J connectivity index is 1.56. The van der Waals surface area contributed by atoms with Crippen LogP contribution >= 0.6 is 11.8 Å². The lowest BCUT2D eigenvalue weighted by Crippen LogP contribution is -2.35. The van der Waals surface area contributed by atoms with Crippen molar-refractivity contribution in [3.8, 4) is 0 Å². The maximum atomic E-state index is 12.8. The fourth-order valence-electron chi connectivity index (χ4n) is 2.99. The van der Waals surface area contributed by atoms with E-state index in [0.717, 1.165) is 18.5 Å². The molecular formula is C19H24N4O3S. The summed E-state index contributed by atoms with van der Waals surface area (Å²) in [5, 5.41) is 8.03. The molecule has 1 aromatic heterocycles. The van der Waals surface area contributed by atoms with Crippen molar-refractivity contribution in [2.75, 3.05) is 13.1 Å². The van der Waals surface area contributed by atoms with Crippen LogP contribution in [0, 0.1) is 0 Å². The lowest BCUT2D eigenvalue weighted by Gasteiger charge is -2.23. The van der Waals surface area contributed by atoms with Gasteiger partial charge in [-0.15, -0.1) is 10.2 Å². The summed E-state index contributed by atoms with van der Waals surface area (Å²) in [6.07, 6.45) is 1.45. The molecule has 0 radical (unpaired) electrons. The van der Waals surface area contributed by atoms with E-state index in [1.807, 2.05) is 49.1 Å². The molecule has 144 valence electrons. The summed E-state index contributed by atoms with van der Waals surface area (Å²) in [4.78, 5) is 28.0. The van der Waals surface area contributed by atoms with Gasteiger partial charge >= 0.3 is 0 Å². The van der Waals surface area contributed by atoms with Crippen LogP contribution < -0.4 is 0 Å². The maximum absolute atomic E-state index is 12.8. The number of benzene rings is 1. The molecule has 1 aliphatic rings. The van der Waals surface area contributed by atoms with Crippen molar-refractivity contribution >= 4 is 23.6 Å². The zero-order valence-corrected chi connectivity index (χ0v) is 16.4. The number of carbonyl (C=O) groups excluding carboxylic acids is 2. The highest BCUT2D eigenvalue weighted by atomic mass is 32.2. The van der Waals surface area contributed by atoms with Gasteiger partial charge < -0.3 is 14.2 Å². The van der Waals surface area contributed by atoms with E-state index in [1.54, 1.807) is 4.90 Å². The van der Waals surface area contributed by atoms with Crippen LogP contribution in [-0.2, 0) is 22.7 Å². The van der Waals surface area contributed by atoms with Crippen molar-refractivity contribution < 1.29 is 14.0 Å². The van der Waals surface area contributed by atoms with Crippen molar-refractivity contribution in [1.29, 1.82) is 0 Å². The highest BCUT2D eigenvalue weighted by Gasteiger charge is 2.25. The Morgan fingerprint density at radius 1 is 1.33 bits per heavy atom. The van der Waals surface area contributed by atoms with E-state index < -0.39 is 0 Å². The van der Waals surface area contributed by atoms with E-state index in [1.165, 1.54) is 11.8 Å². The molecule has 1 fully saturated rings. The van der Waals surface area contributed by atoms with Gasteiger partial charge in [0, 0.05) is 26.1 Å². The minimum absolute atomic E-state index is 0.0285. The number of amides is 2. The minimum Gasteiger partial charge on any atom is -0.414 e. The second kappa shape index (κ2) is 9.03. The van der Waals surface area contributed by atoms with Crippen LogP contribution in [0.15, 0.2) is 40.0 Å². The Labute approximate surface area is 163 Å². The lowest BCUT2D eigenvalue weighted by molar-refractivity contribution is -0.130. The maximum Gasteiger partial charge on any atom is 0.277 e. The van der Waals surface area contributed by atoms with Crippen LogP contribution in [-0.4, -0.2) is 50.2 Å². The zero-order valence-electron chi connectivity index (χ0n) is 15.6. The smallest absolute Gasteiger partial charge is 0.277 e. The molecule has 0 bridgehead atoms. The Kier molecular flexibility index (Phi) is 6.49. The first-order valence-corrected chi connectivity index (χ1v) is 10.0. The van der Waals surface area contributed by atoms with Crippen LogP contribution in [0.2, 0.25) is 0 Å². The molecule has 2 heterocycles. The summed E-state index contributed by atoms with van der Waals surface area (Å²) in [5.41, 5.74) is 1.10. The Morgan fingerprint density at radius 2 is 2.11 bits per heavy atom. The highest BCUT2D eigenvalue weighted by molar-refractivity contribution is 8.00. The van der Waals surface area contributed by atoms with Gasteiger partial charge in [-0.05, 0) is 25.8 Å². The molecule has 2 aromatic rings. The molecule has 2 amide bonds. The van der Waals surface area contributed by atoms with Gasteiger partial charge in [0.1, 0.15) is 0 Å². The predicted molar refractivity (Wildman–Crippen MR) is 102 cm³/mol. The summed E-state index contributed by atoms with van der Waals surface area (Å²) in [7, 11) is 0. The summed E-state index contributed by atoms with van der Waals surface area (Å²) < 4.78 is 5.62. The van der Waals surface area contributed by atoms with E-state index in [4.69, 9.17) is 4.42 Å². The average molecular weight is 388 g/mol. The first kappa shape index (κ1) is 19.4. The fourth-order valence-corrected chi connectivity index (χ4v) is 3.78. The molecule has 1 unspecified atom stereocenters. The normalized spacial score (nSPS) is 15.2. The summed E-state index contributed by atoms with van der Waals surface area (Å²) in [6.45, 7) is 6.08. The third kappa shape index (κ3) is 5.09. The van der Waals surface area contributed by atoms with Crippen molar-refractivity contribution in [3.63, 3.8) is 0 Å². The SMILES string of the molecule is CCN(Cc1ccccc1)C(=O)C(C)Sc1nnc(CN2CCCC2=O)o1. The number of carbonyl (C=O) groups is 2. The van der Waals surface area contributed by atoms with Crippen LogP contribution in [0.25, 0.3) is 0 Å². The molecule has 0 saturated carbocycles. The number of hydrogen-bond donors (Lipinski definition) is 0. The Hall–Kier alpha value is -2.35. The molecule has 27 heavy (non-hydrogen) atoms. The monoisotopic (exact) mass is 388 g/mol. The quantitative estimate of drug-likeness (QED) is 0.647. The average Bonchev–Trinajstić information content (AvgIpc) is 3.29. The van der Waals surface area contributed by atoms with Crippen molar-refractivity contribution in [1.82, 2.24) is 20.0 Å². The molecule has 3 rings (SSSR count). The molecule has 0 N–H and O–H groups in total. The summed E-state index contributed by atoms with van der Waals surface area (Å²) in [5.74, 6) is 0.551. The topological polar surface area (TPSA) is 79.5 Å². The first-order chi connectivity index (χ1) is 13.1. The number of rotatable bonds is 8. The molecule has 1 aromatic carbocycles. The lowest BCUT2D eigenvalue weighted by atomic mass is 10.2. The van der Waals surface area contributed by atoms with Crippen LogP contribution in [0.1, 0.15) is 38.1 Å². The number of hydrogen-bond acceptors (Lipinski definition) is 6. The van der Waals surface area contributed by atoms with E-state index in [-0.39, 0.29) is 17.1 Å². The second-order valence-electron chi connectivity index (χ2n) is 6.48. The molecule has 1 aliphatic heterocycles. The van der Waals surface area contributed by atoms with Crippen molar-refractivity contribution in [2.45, 2.75) is 50.3 Å². The minimum atomic E-state index is -0.338. The van der Waals surface area contributed by atoms with Crippen LogP contribution in [0.3, 0.4) is 0 Å². The van der Waals surface area contributed by atoms with Gasteiger partial charge in [0.15, 0.2) is 0 Å². The molecule has 7 nitrogen and oxygen atoms in total. The van der Waals surface area contributed by atoms with Gasteiger partial charge in [-0.1, -0.05) is 42.1 Å². The van der Waals surface area contributed by atoms with Gasteiger partial charge in [-0.3, -0.25) is 9.59 Å². The van der Waals surface area contributed by atoms with Gasteiger partial charge in [-0.25, -0.2) is 0 Å². The van der Waals surface area contributed by atoms with Gasteiger partial charge in [0.25, 0.3) is 5.22 Å². The summed E-state index contributed by atoms with van der Waals surface area (Å²) in [6, 6.07) is 9.92. The van der Waals surface area contributed by atoms with E-state index >= 15 is 0 Å². The fraction of sp³-hybridized carbons (Fsp3) is 0.474. The van der Waals surface area contributed by atoms with Crippen molar-refractivity contribution in [3.05, 3.63) is 41.8 Å². The molecular weight excluding hydrogens is 364 g/mol. The van der Waals surface area contributed by atoms with Crippen LogP contribution in [0.4, 0.5) is 0 Å². The number of aromatic nitrogens is 2. The highest BCUT2D eigenvalue weighted by Crippen LogP contribution is 2.24. The number of thioether (sulfide) groups is 1. The summed E-state index contributed by atoms with van der Waals surface area (Å²) >= 11 is 1.25. The Morgan fingerprint density at radius 3 is 2.78 bits per heavy atom. The molecule has 8 heteroatoms. The third-order valence-corrected chi connectivity index (χ3v) is 5.40. The zero-order chi connectivity index (χ0) is 19.2. The van der Waals surface area contributed by atoms with Gasteiger partial charge in [0.2, 0.25) is 17.7 Å². The molecule has 0 aliphatic carbocycles. The van der Waals surface area contributed by atoms with Crippen molar-refractivity contribution in [2.24, 2.45) is 0 Å². The largest absolute Gasteiger partial charge is 0.414 e. The second-order valence-corrected chi connectivity index (χ2v) is 7.77. The predicted octanol–water partition coefficient (Wildman–Crippen LogP) is 2.72. The first-order valence-electron chi connectivity index (χ1n) is 9.16. The molecule has 1 atom stereocenters. The Bertz CT molecular complexity index is 780. The van der Waals surface area contributed by atoms with E-state index in [0.29, 0.717) is 37.2 Å². The van der Waals surface area contributed by atoms with E-state index in [2.05, 4.69) is 10.2 Å². The molecule has 0 spiro atoms. The number of nitrogens with zero attached hydrogens (tertiary/aromatic N) is 4. The molecule has 1 saturated heterocycles.